The SMILES string of the molecule is CC(C)(C)c1ccc(CC(O)c2ccc(F)cc2F)cc1. The van der Waals surface area contributed by atoms with Gasteiger partial charge in [0, 0.05) is 18.1 Å². The summed E-state index contributed by atoms with van der Waals surface area (Å²) >= 11 is 0. The van der Waals surface area contributed by atoms with E-state index in [1.165, 1.54) is 11.6 Å². The van der Waals surface area contributed by atoms with Crippen LogP contribution < -0.4 is 0 Å². The Bertz CT molecular complexity index is 612. The van der Waals surface area contributed by atoms with E-state index in [9.17, 15) is 13.9 Å². The predicted octanol–water partition coefficient (Wildman–Crippen LogP) is 4.54. The molecule has 3 heteroatoms. The number of benzene rings is 2. The molecule has 112 valence electrons. The van der Waals surface area contributed by atoms with Gasteiger partial charge < -0.3 is 5.11 Å². The van der Waals surface area contributed by atoms with Gasteiger partial charge >= 0.3 is 0 Å². The van der Waals surface area contributed by atoms with Crippen LogP contribution in [0.3, 0.4) is 0 Å². The first kappa shape index (κ1) is 15.6. The lowest BCUT2D eigenvalue weighted by Crippen LogP contribution is -2.11. The third kappa shape index (κ3) is 3.88. The lowest BCUT2D eigenvalue weighted by molar-refractivity contribution is 0.173. The first-order valence-corrected chi connectivity index (χ1v) is 7.00. The Morgan fingerprint density at radius 3 is 2.14 bits per heavy atom. The predicted molar refractivity (Wildman–Crippen MR) is 80.2 cm³/mol. The first-order valence-electron chi connectivity index (χ1n) is 7.00. The van der Waals surface area contributed by atoms with Crippen molar-refractivity contribution in [2.45, 2.75) is 38.7 Å². The minimum absolute atomic E-state index is 0.0697. The van der Waals surface area contributed by atoms with Crippen molar-refractivity contribution in [3.8, 4) is 0 Å². The van der Waals surface area contributed by atoms with Crippen molar-refractivity contribution in [3.05, 3.63) is 70.8 Å². The van der Waals surface area contributed by atoms with Crippen molar-refractivity contribution in [1.82, 2.24) is 0 Å². The van der Waals surface area contributed by atoms with E-state index in [-0.39, 0.29) is 11.0 Å². The van der Waals surface area contributed by atoms with Crippen LogP contribution in [-0.4, -0.2) is 5.11 Å². The smallest absolute Gasteiger partial charge is 0.131 e. The Morgan fingerprint density at radius 2 is 1.62 bits per heavy atom. The third-order valence-corrected chi connectivity index (χ3v) is 3.57. The lowest BCUT2D eigenvalue weighted by Gasteiger charge is -2.19. The van der Waals surface area contributed by atoms with Crippen LogP contribution >= 0.6 is 0 Å². The molecule has 2 rings (SSSR count). The van der Waals surface area contributed by atoms with Crippen LogP contribution in [0.4, 0.5) is 8.78 Å². The van der Waals surface area contributed by atoms with E-state index in [0.717, 1.165) is 17.7 Å². The second-order valence-electron chi connectivity index (χ2n) is 6.33. The summed E-state index contributed by atoms with van der Waals surface area (Å²) in [7, 11) is 0. The van der Waals surface area contributed by atoms with Gasteiger partial charge in [-0.05, 0) is 22.6 Å². The molecule has 2 aromatic rings. The minimum atomic E-state index is -0.980. The summed E-state index contributed by atoms with van der Waals surface area (Å²) in [5.74, 6) is -1.35. The molecule has 2 aromatic carbocycles. The number of halogens is 2. The van der Waals surface area contributed by atoms with E-state index in [2.05, 4.69) is 20.8 Å². The van der Waals surface area contributed by atoms with E-state index < -0.39 is 17.7 Å². The van der Waals surface area contributed by atoms with Crippen molar-refractivity contribution in [2.24, 2.45) is 0 Å². The zero-order valence-corrected chi connectivity index (χ0v) is 12.5. The van der Waals surface area contributed by atoms with Gasteiger partial charge in [0.2, 0.25) is 0 Å². The fraction of sp³-hybridized carbons (Fsp3) is 0.333. The summed E-state index contributed by atoms with van der Waals surface area (Å²) in [6.07, 6.45) is -0.682. The Hall–Kier alpha value is -1.74. The summed E-state index contributed by atoms with van der Waals surface area (Å²) in [5, 5.41) is 10.1. The molecule has 0 radical (unpaired) electrons. The van der Waals surface area contributed by atoms with Crippen molar-refractivity contribution in [3.63, 3.8) is 0 Å². The summed E-state index contributed by atoms with van der Waals surface area (Å²) in [6.45, 7) is 6.39. The highest BCUT2D eigenvalue weighted by molar-refractivity contribution is 5.29. The van der Waals surface area contributed by atoms with Gasteiger partial charge in [0.05, 0.1) is 6.10 Å². The number of hydrogen-bond acceptors (Lipinski definition) is 1. The maximum Gasteiger partial charge on any atom is 0.131 e. The molecule has 0 spiro atoms. The molecule has 0 saturated carbocycles. The molecule has 0 fully saturated rings. The molecular formula is C18H20F2O. The first-order chi connectivity index (χ1) is 9.77. The van der Waals surface area contributed by atoms with Gasteiger partial charge in [0.15, 0.2) is 0 Å². The molecule has 0 aliphatic heterocycles. The summed E-state index contributed by atoms with van der Waals surface area (Å²) in [4.78, 5) is 0. The van der Waals surface area contributed by atoms with Crippen LogP contribution in [0.5, 0.6) is 0 Å². The molecule has 21 heavy (non-hydrogen) atoms. The van der Waals surface area contributed by atoms with E-state index >= 15 is 0 Å². The maximum absolute atomic E-state index is 13.6. The van der Waals surface area contributed by atoms with Crippen molar-refractivity contribution < 1.29 is 13.9 Å². The van der Waals surface area contributed by atoms with Crippen molar-refractivity contribution in [2.75, 3.05) is 0 Å². The summed E-state index contributed by atoms with van der Waals surface area (Å²) < 4.78 is 26.5. The van der Waals surface area contributed by atoms with Gasteiger partial charge in [-0.2, -0.15) is 0 Å². The minimum Gasteiger partial charge on any atom is -0.388 e. The quantitative estimate of drug-likeness (QED) is 0.880. The van der Waals surface area contributed by atoms with Crippen LogP contribution in [0.25, 0.3) is 0 Å². The molecule has 1 nitrogen and oxygen atoms in total. The molecule has 0 heterocycles. The van der Waals surface area contributed by atoms with Crippen LogP contribution in [0.1, 0.15) is 43.6 Å². The van der Waals surface area contributed by atoms with E-state index in [0.29, 0.717) is 6.42 Å². The molecule has 0 saturated heterocycles. The second-order valence-corrected chi connectivity index (χ2v) is 6.33. The standard InChI is InChI=1S/C18H20F2O/c1-18(2,3)13-6-4-12(5-7-13)10-17(21)15-9-8-14(19)11-16(15)20/h4-9,11,17,21H,10H2,1-3H3. The summed E-state index contributed by atoms with van der Waals surface area (Å²) in [5.41, 5.74) is 2.31. The molecule has 0 bridgehead atoms. The number of rotatable bonds is 3. The fourth-order valence-electron chi connectivity index (χ4n) is 2.25. The lowest BCUT2D eigenvalue weighted by atomic mass is 9.86. The molecule has 0 amide bonds. The van der Waals surface area contributed by atoms with E-state index in [1.54, 1.807) is 0 Å². The highest BCUT2D eigenvalue weighted by atomic mass is 19.1. The molecule has 0 aliphatic carbocycles. The second kappa shape index (κ2) is 5.94. The molecular weight excluding hydrogens is 270 g/mol. The van der Waals surface area contributed by atoms with Crippen molar-refractivity contribution in [1.29, 1.82) is 0 Å². The van der Waals surface area contributed by atoms with Gasteiger partial charge in [-0.1, -0.05) is 51.1 Å². The van der Waals surface area contributed by atoms with Crippen LogP contribution in [0.2, 0.25) is 0 Å². The normalized spacial score (nSPS) is 13.2. The van der Waals surface area contributed by atoms with Crippen molar-refractivity contribution >= 4 is 0 Å². The molecule has 0 aromatic heterocycles. The van der Waals surface area contributed by atoms with Gasteiger partial charge in [-0.25, -0.2) is 8.78 Å². The maximum atomic E-state index is 13.6. The monoisotopic (exact) mass is 290 g/mol. The molecule has 0 aliphatic rings. The van der Waals surface area contributed by atoms with E-state index in [4.69, 9.17) is 0 Å². The number of hydrogen-bond donors (Lipinski definition) is 1. The molecule has 1 unspecified atom stereocenters. The topological polar surface area (TPSA) is 20.2 Å². The van der Waals surface area contributed by atoms with Gasteiger partial charge in [0.25, 0.3) is 0 Å². The zero-order valence-electron chi connectivity index (χ0n) is 12.5. The Balaban J connectivity index is 2.14. The van der Waals surface area contributed by atoms with Crippen LogP contribution in [0, 0.1) is 11.6 Å². The van der Waals surface area contributed by atoms with Gasteiger partial charge in [-0.3, -0.25) is 0 Å². The Kier molecular flexibility index (Phi) is 4.43. The largest absolute Gasteiger partial charge is 0.388 e. The van der Waals surface area contributed by atoms with Crippen LogP contribution in [0.15, 0.2) is 42.5 Å². The van der Waals surface area contributed by atoms with Gasteiger partial charge in [0.1, 0.15) is 11.6 Å². The Morgan fingerprint density at radius 1 is 1.00 bits per heavy atom. The fourth-order valence-corrected chi connectivity index (χ4v) is 2.25. The highest BCUT2D eigenvalue weighted by Crippen LogP contribution is 2.25. The van der Waals surface area contributed by atoms with E-state index in [1.807, 2.05) is 24.3 Å². The zero-order chi connectivity index (χ0) is 15.6. The van der Waals surface area contributed by atoms with Gasteiger partial charge in [-0.15, -0.1) is 0 Å². The molecule has 1 atom stereocenters. The average Bonchev–Trinajstić information content (AvgIpc) is 2.38. The average molecular weight is 290 g/mol. The number of aliphatic hydroxyl groups is 1. The van der Waals surface area contributed by atoms with Crippen LogP contribution in [-0.2, 0) is 11.8 Å². The Labute approximate surface area is 124 Å². The highest BCUT2D eigenvalue weighted by Gasteiger charge is 2.16. The third-order valence-electron chi connectivity index (χ3n) is 3.57. The summed E-state index contributed by atoms with van der Waals surface area (Å²) in [6, 6.07) is 11.1. The number of aliphatic hydroxyl groups excluding tert-OH is 1. The molecule has 1 N–H and O–H groups in total.